The van der Waals surface area contributed by atoms with Crippen molar-refractivity contribution in [2.75, 3.05) is 11.9 Å². The molecule has 1 fully saturated rings. The predicted molar refractivity (Wildman–Crippen MR) is 125 cm³/mol. The molecule has 3 N–H and O–H groups in total. The summed E-state index contributed by atoms with van der Waals surface area (Å²) < 4.78 is 39.3. The third-order valence-corrected chi connectivity index (χ3v) is 7.41. The molecule has 0 aliphatic heterocycles. The van der Waals surface area contributed by atoms with Gasteiger partial charge in [-0.15, -0.1) is 11.3 Å². The van der Waals surface area contributed by atoms with Gasteiger partial charge >= 0.3 is 12.1 Å². The number of halogens is 4. The molecule has 0 radical (unpaired) electrons. The fourth-order valence-corrected chi connectivity index (χ4v) is 5.31. The van der Waals surface area contributed by atoms with E-state index in [2.05, 4.69) is 5.32 Å². The molecule has 2 heterocycles. The number of anilines is 1. The molecule has 34 heavy (non-hydrogen) atoms. The number of nitrogens with zero attached hydrogens (tertiary/aromatic N) is 1. The minimum atomic E-state index is -4.86. The number of aromatic nitrogens is 1. The van der Waals surface area contributed by atoms with Crippen molar-refractivity contribution in [1.29, 1.82) is 0 Å². The SMILES string of the molecule is O=C(Nc1cccc2c(O)n(CC3CCC(CNC(=O)C(F)(F)F)CC3)cc12)c1ccc(Cl)s1. The molecule has 0 unspecified atom stereocenters. The van der Waals surface area contributed by atoms with Gasteiger partial charge in [-0.2, -0.15) is 13.2 Å². The normalized spacial score (nSPS) is 18.7. The lowest BCUT2D eigenvalue weighted by Gasteiger charge is -2.29. The van der Waals surface area contributed by atoms with Gasteiger partial charge in [-0.3, -0.25) is 9.59 Å². The number of nitrogens with one attached hydrogen (secondary N) is 2. The summed E-state index contributed by atoms with van der Waals surface area (Å²) >= 11 is 7.09. The van der Waals surface area contributed by atoms with Gasteiger partial charge in [0, 0.05) is 30.1 Å². The van der Waals surface area contributed by atoms with Crippen LogP contribution in [0.15, 0.2) is 36.5 Å². The fourth-order valence-electron chi connectivity index (χ4n) is 4.37. The van der Waals surface area contributed by atoms with Crippen molar-refractivity contribution in [1.82, 2.24) is 9.88 Å². The van der Waals surface area contributed by atoms with Crippen LogP contribution >= 0.6 is 22.9 Å². The Balaban J connectivity index is 1.39. The maximum absolute atomic E-state index is 12.5. The lowest BCUT2D eigenvalue weighted by atomic mass is 9.82. The van der Waals surface area contributed by atoms with Crippen molar-refractivity contribution in [2.45, 2.75) is 38.4 Å². The number of amides is 2. The van der Waals surface area contributed by atoms with Crippen molar-refractivity contribution in [3.63, 3.8) is 0 Å². The first-order valence-corrected chi connectivity index (χ1v) is 12.0. The Kier molecular flexibility index (Phi) is 7.09. The second kappa shape index (κ2) is 9.87. The summed E-state index contributed by atoms with van der Waals surface area (Å²) in [5, 5.41) is 16.9. The van der Waals surface area contributed by atoms with Crippen LogP contribution in [-0.4, -0.2) is 34.2 Å². The number of hydrogen-bond acceptors (Lipinski definition) is 4. The average molecular weight is 514 g/mol. The number of carbonyl (C=O) groups is 2. The Morgan fingerprint density at radius 1 is 1.09 bits per heavy atom. The van der Waals surface area contributed by atoms with Gasteiger partial charge in [-0.1, -0.05) is 17.7 Å². The van der Waals surface area contributed by atoms with E-state index in [9.17, 15) is 27.9 Å². The number of benzene rings is 1. The van der Waals surface area contributed by atoms with Gasteiger partial charge in [0.25, 0.3) is 5.91 Å². The molecule has 3 aromatic rings. The number of fused-ring (bicyclic) bond motifs is 1. The third-order valence-electron chi connectivity index (χ3n) is 6.18. The zero-order valence-corrected chi connectivity index (χ0v) is 19.6. The van der Waals surface area contributed by atoms with E-state index in [1.807, 2.05) is 5.32 Å². The number of hydrogen-bond donors (Lipinski definition) is 3. The van der Waals surface area contributed by atoms with Crippen LogP contribution in [0.3, 0.4) is 0 Å². The molecule has 2 aromatic heterocycles. The summed E-state index contributed by atoms with van der Waals surface area (Å²) in [5.74, 6) is -1.83. The van der Waals surface area contributed by atoms with Gasteiger partial charge in [0.15, 0.2) is 5.88 Å². The Labute approximate surface area is 202 Å². The van der Waals surface area contributed by atoms with Crippen LogP contribution in [0.5, 0.6) is 5.88 Å². The van der Waals surface area contributed by atoms with Crippen LogP contribution in [0.4, 0.5) is 18.9 Å². The van der Waals surface area contributed by atoms with E-state index >= 15 is 0 Å². The first-order chi connectivity index (χ1) is 16.1. The molecule has 1 saturated carbocycles. The van der Waals surface area contributed by atoms with Crippen LogP contribution in [-0.2, 0) is 11.3 Å². The Bertz CT molecular complexity index is 1200. The van der Waals surface area contributed by atoms with Crippen LogP contribution in [0, 0.1) is 11.8 Å². The Hall–Kier alpha value is -2.72. The van der Waals surface area contributed by atoms with Gasteiger partial charge < -0.3 is 20.3 Å². The first kappa shape index (κ1) is 24.4. The maximum atomic E-state index is 12.5. The molecule has 11 heteroatoms. The molecule has 1 aliphatic carbocycles. The fraction of sp³-hybridized carbons (Fsp3) is 0.391. The van der Waals surface area contributed by atoms with Crippen molar-refractivity contribution in [3.8, 4) is 5.88 Å². The highest BCUT2D eigenvalue weighted by atomic mass is 35.5. The lowest BCUT2D eigenvalue weighted by Crippen LogP contribution is -2.40. The zero-order chi connectivity index (χ0) is 24.5. The standard InChI is InChI=1S/C23H23ClF3N3O3S/c24-19-9-8-18(34-19)20(31)29-17-3-1-2-15-16(17)12-30(21(15)32)11-14-6-4-13(5-7-14)10-28-22(33)23(25,26)27/h1-3,8-9,12-14,32H,4-7,10-11H2,(H,28,33)(H,29,31). The first-order valence-electron chi connectivity index (χ1n) is 10.8. The summed E-state index contributed by atoms with van der Waals surface area (Å²) in [6, 6.07) is 8.60. The molecule has 0 saturated heterocycles. The summed E-state index contributed by atoms with van der Waals surface area (Å²) in [6.45, 7) is 0.568. The van der Waals surface area contributed by atoms with Gasteiger partial charge in [0.05, 0.1) is 14.9 Å². The predicted octanol–water partition coefficient (Wildman–Crippen LogP) is 5.80. The highest BCUT2D eigenvalue weighted by molar-refractivity contribution is 7.18. The monoisotopic (exact) mass is 513 g/mol. The molecular formula is C23H23ClF3N3O3S. The van der Waals surface area contributed by atoms with E-state index in [-0.39, 0.29) is 30.2 Å². The van der Waals surface area contributed by atoms with Gasteiger partial charge in [-0.25, -0.2) is 0 Å². The highest BCUT2D eigenvalue weighted by Gasteiger charge is 2.38. The molecule has 1 aliphatic rings. The average Bonchev–Trinajstić information content (AvgIpc) is 3.37. The number of carbonyl (C=O) groups excluding carboxylic acids is 2. The van der Waals surface area contributed by atoms with Crippen molar-refractivity contribution < 1.29 is 27.9 Å². The van der Waals surface area contributed by atoms with E-state index < -0.39 is 12.1 Å². The number of aromatic hydroxyl groups is 1. The third kappa shape index (κ3) is 5.50. The highest BCUT2D eigenvalue weighted by Crippen LogP contribution is 2.36. The maximum Gasteiger partial charge on any atom is 0.471 e. The lowest BCUT2D eigenvalue weighted by molar-refractivity contribution is -0.173. The summed E-state index contributed by atoms with van der Waals surface area (Å²) in [5.41, 5.74) is 0.574. The number of rotatable bonds is 6. The minimum Gasteiger partial charge on any atom is -0.494 e. The molecule has 182 valence electrons. The molecule has 0 spiro atoms. The molecule has 4 rings (SSSR count). The van der Waals surface area contributed by atoms with Crippen LogP contribution < -0.4 is 10.6 Å². The second-order valence-electron chi connectivity index (χ2n) is 8.52. The van der Waals surface area contributed by atoms with E-state index in [4.69, 9.17) is 11.6 Å². The number of alkyl halides is 3. The summed E-state index contributed by atoms with van der Waals surface area (Å²) in [4.78, 5) is 24.0. The Morgan fingerprint density at radius 2 is 1.79 bits per heavy atom. The second-order valence-corrected chi connectivity index (χ2v) is 10.2. The van der Waals surface area contributed by atoms with Crippen LogP contribution in [0.2, 0.25) is 4.34 Å². The molecule has 2 amide bonds. The van der Waals surface area contributed by atoms with Crippen LogP contribution in [0.1, 0.15) is 35.4 Å². The molecule has 1 aromatic carbocycles. The molecule has 0 atom stereocenters. The minimum absolute atomic E-state index is 0.00690. The largest absolute Gasteiger partial charge is 0.494 e. The van der Waals surface area contributed by atoms with E-state index in [0.29, 0.717) is 45.1 Å². The summed E-state index contributed by atoms with van der Waals surface area (Å²) in [7, 11) is 0. The zero-order valence-electron chi connectivity index (χ0n) is 18.0. The quantitative estimate of drug-likeness (QED) is 0.389. The van der Waals surface area contributed by atoms with Crippen molar-refractivity contribution >= 4 is 51.2 Å². The topological polar surface area (TPSA) is 83.4 Å². The van der Waals surface area contributed by atoms with Gasteiger partial charge in [-0.05, 0) is 61.8 Å². The summed E-state index contributed by atoms with van der Waals surface area (Å²) in [6.07, 6.45) is -0.0891. The number of thiophene rings is 1. The smallest absolute Gasteiger partial charge is 0.471 e. The molecular weight excluding hydrogens is 491 g/mol. The van der Waals surface area contributed by atoms with E-state index in [1.165, 1.54) is 11.3 Å². The van der Waals surface area contributed by atoms with Crippen molar-refractivity contribution in [3.05, 3.63) is 45.7 Å². The van der Waals surface area contributed by atoms with E-state index in [0.717, 1.165) is 12.8 Å². The van der Waals surface area contributed by atoms with Gasteiger partial charge in [0.2, 0.25) is 0 Å². The van der Waals surface area contributed by atoms with Crippen LogP contribution in [0.25, 0.3) is 10.8 Å². The molecule has 0 bridgehead atoms. The van der Waals surface area contributed by atoms with Crippen molar-refractivity contribution in [2.24, 2.45) is 11.8 Å². The Morgan fingerprint density at radius 3 is 2.44 bits per heavy atom. The van der Waals surface area contributed by atoms with E-state index in [1.54, 1.807) is 41.1 Å². The molecule has 6 nitrogen and oxygen atoms in total. The van der Waals surface area contributed by atoms with Gasteiger partial charge in [0.1, 0.15) is 0 Å².